The van der Waals surface area contributed by atoms with E-state index in [-0.39, 0.29) is 17.3 Å². The van der Waals surface area contributed by atoms with Gasteiger partial charge in [0.1, 0.15) is 9.84 Å². The zero-order valence-electron chi connectivity index (χ0n) is 11.1. The summed E-state index contributed by atoms with van der Waals surface area (Å²) < 4.78 is 23.1. The zero-order chi connectivity index (χ0) is 12.9. The van der Waals surface area contributed by atoms with Crippen molar-refractivity contribution in [1.82, 2.24) is 0 Å². The predicted molar refractivity (Wildman–Crippen MR) is 70.7 cm³/mol. The van der Waals surface area contributed by atoms with Gasteiger partial charge in [0, 0.05) is 6.26 Å². The molecule has 17 heavy (non-hydrogen) atoms. The first-order valence-electron chi connectivity index (χ1n) is 6.82. The van der Waals surface area contributed by atoms with E-state index in [2.05, 4.69) is 6.92 Å². The van der Waals surface area contributed by atoms with Gasteiger partial charge < -0.3 is 5.11 Å². The van der Waals surface area contributed by atoms with E-state index in [0.29, 0.717) is 6.42 Å². The van der Waals surface area contributed by atoms with Gasteiger partial charge in [-0.2, -0.15) is 0 Å². The summed E-state index contributed by atoms with van der Waals surface area (Å²) in [5.74, 6) is 0.195. The molecule has 102 valence electrons. The number of hydrogen-bond acceptors (Lipinski definition) is 3. The van der Waals surface area contributed by atoms with Crippen LogP contribution < -0.4 is 0 Å². The Kier molecular flexibility index (Phi) is 5.93. The maximum Gasteiger partial charge on any atom is 0.150 e. The van der Waals surface area contributed by atoms with Crippen molar-refractivity contribution in [1.29, 1.82) is 0 Å². The molecule has 0 aliphatic heterocycles. The highest BCUT2D eigenvalue weighted by Gasteiger charge is 2.31. The molecule has 0 bridgehead atoms. The molecule has 0 amide bonds. The molecule has 1 N–H and O–H groups in total. The fourth-order valence-electron chi connectivity index (χ4n) is 2.76. The summed E-state index contributed by atoms with van der Waals surface area (Å²) in [5.41, 5.74) is 0. The van der Waals surface area contributed by atoms with E-state index in [9.17, 15) is 13.5 Å². The van der Waals surface area contributed by atoms with Crippen LogP contribution in [-0.4, -0.2) is 31.1 Å². The fourth-order valence-corrected chi connectivity index (χ4v) is 3.95. The van der Waals surface area contributed by atoms with Crippen molar-refractivity contribution in [2.75, 3.05) is 6.26 Å². The topological polar surface area (TPSA) is 54.4 Å². The smallest absolute Gasteiger partial charge is 0.150 e. The standard InChI is InChI=1S/C13H26O3S/c1-3-4-5-9-13(14)11-7-6-8-12(10-11)17(2,15)16/h11-14H,3-10H2,1-2H3. The van der Waals surface area contributed by atoms with Crippen molar-refractivity contribution >= 4 is 9.84 Å². The Morgan fingerprint density at radius 3 is 2.59 bits per heavy atom. The molecule has 1 aliphatic carbocycles. The summed E-state index contributed by atoms with van der Waals surface area (Å²) in [6, 6.07) is 0. The molecule has 0 saturated heterocycles. The van der Waals surface area contributed by atoms with Crippen LogP contribution in [0.25, 0.3) is 0 Å². The van der Waals surface area contributed by atoms with Gasteiger partial charge in [-0.15, -0.1) is 0 Å². The quantitative estimate of drug-likeness (QED) is 0.748. The molecule has 3 nitrogen and oxygen atoms in total. The van der Waals surface area contributed by atoms with Crippen LogP contribution in [0.4, 0.5) is 0 Å². The molecule has 1 rings (SSSR count). The molecular formula is C13H26O3S. The lowest BCUT2D eigenvalue weighted by Crippen LogP contribution is -2.33. The first-order chi connectivity index (χ1) is 7.95. The summed E-state index contributed by atoms with van der Waals surface area (Å²) in [5, 5.41) is 9.87. The molecule has 0 aromatic rings. The molecule has 1 fully saturated rings. The Balaban J connectivity index is 2.43. The third-order valence-electron chi connectivity index (χ3n) is 3.92. The second-order valence-electron chi connectivity index (χ2n) is 5.44. The van der Waals surface area contributed by atoms with Gasteiger partial charge in [0.05, 0.1) is 11.4 Å². The Hall–Kier alpha value is -0.0900. The zero-order valence-corrected chi connectivity index (χ0v) is 11.9. The Morgan fingerprint density at radius 2 is 2.00 bits per heavy atom. The minimum atomic E-state index is -2.93. The van der Waals surface area contributed by atoms with Crippen molar-refractivity contribution in [2.45, 2.75) is 69.6 Å². The van der Waals surface area contributed by atoms with Crippen molar-refractivity contribution in [3.05, 3.63) is 0 Å². The van der Waals surface area contributed by atoms with Crippen LogP contribution >= 0.6 is 0 Å². The molecule has 3 unspecified atom stereocenters. The van der Waals surface area contributed by atoms with Gasteiger partial charge in [-0.1, -0.05) is 32.6 Å². The van der Waals surface area contributed by atoms with Crippen LogP contribution in [0.5, 0.6) is 0 Å². The molecule has 1 aliphatic rings. The number of unbranched alkanes of at least 4 members (excludes halogenated alkanes) is 2. The van der Waals surface area contributed by atoms with E-state index in [1.54, 1.807) is 0 Å². The molecule has 0 radical (unpaired) electrons. The monoisotopic (exact) mass is 262 g/mol. The highest BCUT2D eigenvalue weighted by molar-refractivity contribution is 7.91. The lowest BCUT2D eigenvalue weighted by molar-refractivity contribution is 0.0757. The van der Waals surface area contributed by atoms with E-state index in [0.717, 1.165) is 44.9 Å². The average Bonchev–Trinajstić information content (AvgIpc) is 2.28. The number of rotatable bonds is 6. The summed E-state index contributed by atoms with van der Waals surface area (Å²) in [6.45, 7) is 2.15. The minimum Gasteiger partial charge on any atom is -0.393 e. The van der Waals surface area contributed by atoms with E-state index in [4.69, 9.17) is 0 Å². The van der Waals surface area contributed by atoms with Crippen LogP contribution in [-0.2, 0) is 9.84 Å². The molecule has 1 saturated carbocycles. The number of hydrogen-bond donors (Lipinski definition) is 1. The molecule has 0 heterocycles. The predicted octanol–water partition coefficient (Wildman–Crippen LogP) is 2.53. The van der Waals surface area contributed by atoms with E-state index in [1.807, 2.05) is 0 Å². The van der Waals surface area contributed by atoms with Crippen LogP contribution in [0, 0.1) is 5.92 Å². The third kappa shape index (κ3) is 4.96. The number of sulfone groups is 1. The summed E-state index contributed by atoms with van der Waals surface area (Å²) in [7, 11) is -2.93. The molecular weight excluding hydrogens is 236 g/mol. The maximum absolute atomic E-state index is 11.5. The van der Waals surface area contributed by atoms with Gasteiger partial charge in [0.15, 0.2) is 0 Å². The van der Waals surface area contributed by atoms with Gasteiger partial charge >= 0.3 is 0 Å². The Bertz CT molecular complexity index is 311. The summed E-state index contributed by atoms with van der Waals surface area (Å²) in [6.07, 6.45) is 8.57. The lowest BCUT2D eigenvalue weighted by Gasteiger charge is -2.31. The second-order valence-corrected chi connectivity index (χ2v) is 7.77. The molecule has 0 spiro atoms. The second kappa shape index (κ2) is 6.74. The van der Waals surface area contributed by atoms with Crippen LogP contribution in [0.3, 0.4) is 0 Å². The summed E-state index contributed by atoms with van der Waals surface area (Å²) in [4.78, 5) is 0. The van der Waals surface area contributed by atoms with Crippen molar-refractivity contribution < 1.29 is 13.5 Å². The van der Waals surface area contributed by atoms with E-state index in [1.165, 1.54) is 6.26 Å². The van der Waals surface area contributed by atoms with Gasteiger partial charge in [-0.25, -0.2) is 8.42 Å². The highest BCUT2D eigenvalue weighted by Crippen LogP contribution is 2.32. The summed E-state index contributed by atoms with van der Waals surface area (Å²) >= 11 is 0. The lowest BCUT2D eigenvalue weighted by atomic mass is 9.83. The van der Waals surface area contributed by atoms with E-state index >= 15 is 0 Å². The van der Waals surface area contributed by atoms with Crippen LogP contribution in [0.1, 0.15) is 58.3 Å². The largest absolute Gasteiger partial charge is 0.393 e. The third-order valence-corrected chi connectivity index (χ3v) is 5.56. The minimum absolute atomic E-state index is 0.195. The van der Waals surface area contributed by atoms with Gasteiger partial charge in [-0.3, -0.25) is 0 Å². The Morgan fingerprint density at radius 1 is 1.29 bits per heavy atom. The molecule has 3 atom stereocenters. The highest BCUT2D eigenvalue weighted by atomic mass is 32.2. The normalized spacial score (nSPS) is 27.9. The average molecular weight is 262 g/mol. The van der Waals surface area contributed by atoms with Crippen LogP contribution in [0.15, 0.2) is 0 Å². The number of aliphatic hydroxyl groups excluding tert-OH is 1. The number of aliphatic hydroxyl groups is 1. The molecule has 0 aromatic carbocycles. The van der Waals surface area contributed by atoms with E-state index < -0.39 is 9.84 Å². The van der Waals surface area contributed by atoms with Crippen molar-refractivity contribution in [3.8, 4) is 0 Å². The molecule has 4 heteroatoms. The first kappa shape index (κ1) is 15.0. The maximum atomic E-state index is 11.5. The first-order valence-corrected chi connectivity index (χ1v) is 8.77. The van der Waals surface area contributed by atoms with Crippen molar-refractivity contribution in [2.24, 2.45) is 5.92 Å². The van der Waals surface area contributed by atoms with Crippen LogP contribution in [0.2, 0.25) is 0 Å². The van der Waals surface area contributed by atoms with Gasteiger partial charge in [0.25, 0.3) is 0 Å². The molecule has 0 aromatic heterocycles. The van der Waals surface area contributed by atoms with Crippen molar-refractivity contribution in [3.63, 3.8) is 0 Å². The van der Waals surface area contributed by atoms with Gasteiger partial charge in [0.2, 0.25) is 0 Å². The fraction of sp³-hybridized carbons (Fsp3) is 1.00. The SMILES string of the molecule is CCCCCC(O)C1CCCC(S(C)(=O)=O)C1. The Labute approximate surface area is 106 Å². The van der Waals surface area contributed by atoms with Gasteiger partial charge in [-0.05, 0) is 31.6 Å².